The second kappa shape index (κ2) is 6.24. The number of nitrogens with one attached hydrogen (secondary N) is 1. The first-order valence-electron chi connectivity index (χ1n) is 7.14. The van der Waals surface area contributed by atoms with E-state index < -0.39 is 0 Å². The highest BCUT2D eigenvalue weighted by molar-refractivity contribution is 5.36. The molecule has 0 saturated heterocycles. The molecule has 0 radical (unpaired) electrons. The molecule has 1 fully saturated rings. The maximum atomic E-state index is 6.02. The summed E-state index contributed by atoms with van der Waals surface area (Å²) in [5.74, 6) is 1.88. The quantitative estimate of drug-likeness (QED) is 0.796. The Morgan fingerprint density at radius 1 is 1.33 bits per heavy atom. The van der Waals surface area contributed by atoms with Crippen molar-refractivity contribution in [3.63, 3.8) is 0 Å². The molecule has 1 saturated carbocycles. The lowest BCUT2D eigenvalue weighted by Gasteiger charge is -2.19. The van der Waals surface area contributed by atoms with Crippen LogP contribution in [0.1, 0.15) is 37.3 Å². The van der Waals surface area contributed by atoms with Gasteiger partial charge in [0, 0.05) is 6.04 Å². The lowest BCUT2D eigenvalue weighted by atomic mass is 10.1. The van der Waals surface area contributed by atoms with Gasteiger partial charge in [0.1, 0.15) is 12.4 Å². The van der Waals surface area contributed by atoms with Crippen molar-refractivity contribution < 1.29 is 4.74 Å². The molecule has 0 aromatic heterocycles. The van der Waals surface area contributed by atoms with Gasteiger partial charge in [-0.15, -0.1) is 0 Å². The van der Waals surface area contributed by atoms with E-state index >= 15 is 0 Å². The molecule has 100 valence electrons. The summed E-state index contributed by atoms with van der Waals surface area (Å²) in [5.41, 5.74) is 2.49. The summed E-state index contributed by atoms with van der Waals surface area (Å²) in [4.78, 5) is 0. The molecule has 0 bridgehead atoms. The Kier molecular flexibility index (Phi) is 4.65. The average molecular weight is 247 g/mol. The van der Waals surface area contributed by atoms with Crippen molar-refractivity contribution in [3.8, 4) is 5.75 Å². The van der Waals surface area contributed by atoms with Crippen LogP contribution in [0.2, 0.25) is 0 Å². The molecule has 1 aliphatic carbocycles. The molecule has 0 aliphatic heterocycles. The minimum Gasteiger partial charge on any atom is -0.492 e. The normalized spacial score (nSPS) is 16.6. The Bertz CT molecular complexity index is 385. The van der Waals surface area contributed by atoms with Gasteiger partial charge in [-0.25, -0.2) is 0 Å². The van der Waals surface area contributed by atoms with E-state index in [0.717, 1.165) is 24.8 Å². The van der Waals surface area contributed by atoms with Gasteiger partial charge in [-0.2, -0.15) is 0 Å². The van der Waals surface area contributed by atoms with Crippen molar-refractivity contribution in [3.05, 3.63) is 29.3 Å². The van der Waals surface area contributed by atoms with Crippen LogP contribution in [0.4, 0.5) is 0 Å². The van der Waals surface area contributed by atoms with Crippen LogP contribution in [-0.2, 0) is 0 Å². The molecule has 1 aromatic rings. The number of aryl methyl sites for hydroxylation is 2. The summed E-state index contributed by atoms with van der Waals surface area (Å²) in [6.07, 6.45) is 3.90. The molecule has 2 nitrogen and oxygen atoms in total. The molecule has 1 unspecified atom stereocenters. The van der Waals surface area contributed by atoms with Crippen molar-refractivity contribution in [2.45, 2.75) is 46.1 Å². The van der Waals surface area contributed by atoms with Crippen LogP contribution in [0.5, 0.6) is 5.75 Å². The van der Waals surface area contributed by atoms with Crippen LogP contribution < -0.4 is 10.1 Å². The zero-order chi connectivity index (χ0) is 13.0. The van der Waals surface area contributed by atoms with E-state index in [-0.39, 0.29) is 0 Å². The third-order valence-electron chi connectivity index (χ3n) is 3.61. The molecule has 2 rings (SSSR count). The van der Waals surface area contributed by atoms with Gasteiger partial charge in [0.25, 0.3) is 0 Å². The Balaban J connectivity index is 1.89. The Labute approximate surface area is 111 Å². The third kappa shape index (κ3) is 3.74. The van der Waals surface area contributed by atoms with E-state index in [1.165, 1.54) is 30.4 Å². The minimum absolute atomic E-state index is 0.532. The summed E-state index contributed by atoms with van der Waals surface area (Å²) in [6.45, 7) is 8.33. The second-order valence-corrected chi connectivity index (χ2v) is 5.48. The molecule has 1 N–H and O–H groups in total. The van der Waals surface area contributed by atoms with Crippen molar-refractivity contribution in [2.24, 2.45) is 5.92 Å². The predicted octanol–water partition coefficient (Wildman–Crippen LogP) is 3.46. The lowest BCUT2D eigenvalue weighted by Crippen LogP contribution is -2.37. The van der Waals surface area contributed by atoms with Gasteiger partial charge in [-0.1, -0.05) is 19.1 Å². The highest BCUT2D eigenvalue weighted by Gasteiger charge is 2.31. The molecule has 1 atom stereocenters. The fraction of sp³-hybridized carbons (Fsp3) is 0.625. The van der Waals surface area contributed by atoms with Gasteiger partial charge >= 0.3 is 0 Å². The first-order valence-corrected chi connectivity index (χ1v) is 7.14. The van der Waals surface area contributed by atoms with Gasteiger partial charge in [-0.05, 0) is 62.8 Å². The molecule has 0 spiro atoms. The van der Waals surface area contributed by atoms with E-state index in [2.05, 4.69) is 44.3 Å². The summed E-state index contributed by atoms with van der Waals surface area (Å²) >= 11 is 0. The highest BCUT2D eigenvalue weighted by atomic mass is 16.5. The first-order chi connectivity index (χ1) is 8.70. The van der Waals surface area contributed by atoms with Crippen LogP contribution in [-0.4, -0.2) is 19.2 Å². The monoisotopic (exact) mass is 247 g/mol. The Morgan fingerprint density at radius 3 is 2.78 bits per heavy atom. The van der Waals surface area contributed by atoms with E-state index in [0.29, 0.717) is 6.04 Å². The largest absolute Gasteiger partial charge is 0.492 e. The number of rotatable bonds is 7. The Morgan fingerprint density at radius 2 is 2.11 bits per heavy atom. The molecule has 1 aliphatic rings. The maximum Gasteiger partial charge on any atom is 0.122 e. The van der Waals surface area contributed by atoms with Crippen LogP contribution in [0, 0.1) is 19.8 Å². The SMILES string of the molecule is CCCNC(COc1cc(C)ccc1C)C1CC1. The van der Waals surface area contributed by atoms with Crippen LogP contribution in [0.3, 0.4) is 0 Å². The molecule has 0 amide bonds. The van der Waals surface area contributed by atoms with Crippen molar-refractivity contribution in [2.75, 3.05) is 13.2 Å². The summed E-state index contributed by atoms with van der Waals surface area (Å²) in [5, 5.41) is 3.61. The summed E-state index contributed by atoms with van der Waals surface area (Å²) < 4.78 is 6.02. The molecule has 2 heteroatoms. The lowest BCUT2D eigenvalue weighted by molar-refractivity contribution is 0.248. The topological polar surface area (TPSA) is 21.3 Å². The van der Waals surface area contributed by atoms with Crippen molar-refractivity contribution in [1.82, 2.24) is 5.32 Å². The average Bonchev–Trinajstić information content (AvgIpc) is 3.17. The minimum atomic E-state index is 0.532. The van der Waals surface area contributed by atoms with Crippen LogP contribution in [0.15, 0.2) is 18.2 Å². The Hall–Kier alpha value is -1.02. The van der Waals surface area contributed by atoms with Gasteiger partial charge < -0.3 is 10.1 Å². The van der Waals surface area contributed by atoms with Gasteiger partial charge in [0.15, 0.2) is 0 Å². The molecule has 1 aromatic carbocycles. The number of ether oxygens (including phenoxy) is 1. The van der Waals surface area contributed by atoms with Crippen LogP contribution in [0.25, 0.3) is 0 Å². The van der Waals surface area contributed by atoms with E-state index in [1.807, 2.05) is 0 Å². The van der Waals surface area contributed by atoms with E-state index in [4.69, 9.17) is 4.74 Å². The van der Waals surface area contributed by atoms with E-state index in [9.17, 15) is 0 Å². The van der Waals surface area contributed by atoms with Gasteiger partial charge in [0.05, 0.1) is 0 Å². The summed E-state index contributed by atoms with van der Waals surface area (Å²) in [7, 11) is 0. The molecule has 0 heterocycles. The fourth-order valence-corrected chi connectivity index (χ4v) is 2.23. The second-order valence-electron chi connectivity index (χ2n) is 5.48. The molecular weight excluding hydrogens is 222 g/mol. The summed E-state index contributed by atoms with van der Waals surface area (Å²) in [6, 6.07) is 6.94. The zero-order valence-electron chi connectivity index (χ0n) is 11.8. The maximum absolute atomic E-state index is 6.02. The fourth-order valence-electron chi connectivity index (χ4n) is 2.23. The number of hydrogen-bond acceptors (Lipinski definition) is 2. The zero-order valence-corrected chi connectivity index (χ0v) is 11.8. The number of hydrogen-bond donors (Lipinski definition) is 1. The number of benzene rings is 1. The van der Waals surface area contributed by atoms with Gasteiger partial charge in [0.2, 0.25) is 0 Å². The first kappa shape index (κ1) is 13.4. The van der Waals surface area contributed by atoms with Crippen molar-refractivity contribution in [1.29, 1.82) is 0 Å². The standard InChI is InChI=1S/C16H25NO/c1-4-9-17-15(14-7-8-14)11-18-16-10-12(2)5-6-13(16)3/h5-6,10,14-15,17H,4,7-9,11H2,1-3H3. The third-order valence-corrected chi connectivity index (χ3v) is 3.61. The van der Waals surface area contributed by atoms with Gasteiger partial charge in [-0.3, -0.25) is 0 Å². The van der Waals surface area contributed by atoms with E-state index in [1.54, 1.807) is 0 Å². The van der Waals surface area contributed by atoms with Crippen molar-refractivity contribution >= 4 is 0 Å². The molecule has 18 heavy (non-hydrogen) atoms. The molecular formula is C16H25NO. The smallest absolute Gasteiger partial charge is 0.122 e. The highest BCUT2D eigenvalue weighted by Crippen LogP contribution is 2.33. The van der Waals surface area contributed by atoms with Crippen LogP contribution >= 0.6 is 0 Å². The predicted molar refractivity (Wildman–Crippen MR) is 76.2 cm³/mol.